The zero-order valence-electron chi connectivity index (χ0n) is 20.7. The number of carbonyl (C=O) groups excluding carboxylic acids is 2. The number of thiazole rings is 1. The number of ether oxygens (including phenoxy) is 3. The lowest BCUT2D eigenvalue weighted by molar-refractivity contribution is 0.0430. The van der Waals surface area contributed by atoms with E-state index < -0.39 is 33.4 Å². The van der Waals surface area contributed by atoms with E-state index in [2.05, 4.69) is 14.7 Å². The van der Waals surface area contributed by atoms with Crippen molar-refractivity contribution in [2.45, 2.75) is 59.7 Å². The molecule has 2 aromatic rings. The minimum Gasteiger partial charge on any atom is -0.480 e. The fraction of sp³-hybridized carbons (Fsp3) is 0.524. The highest BCUT2D eigenvalue weighted by Crippen LogP contribution is 2.38. The van der Waals surface area contributed by atoms with Gasteiger partial charge in [0.2, 0.25) is 21.0 Å². The summed E-state index contributed by atoms with van der Waals surface area (Å²) in [5, 5.41) is 0.0319. The summed E-state index contributed by atoms with van der Waals surface area (Å²) in [6.45, 7) is 11.7. The van der Waals surface area contributed by atoms with E-state index in [1.165, 1.54) is 19.4 Å². The minimum absolute atomic E-state index is 0.0319. The third-order valence-corrected chi connectivity index (χ3v) is 5.51. The summed E-state index contributed by atoms with van der Waals surface area (Å²) >= 11 is 1.02. The summed E-state index contributed by atoms with van der Waals surface area (Å²) in [5.41, 5.74) is -0.610. The van der Waals surface area contributed by atoms with Crippen LogP contribution >= 0.6 is 11.3 Å². The number of imide groups is 1. The van der Waals surface area contributed by atoms with Gasteiger partial charge in [-0.15, -0.1) is 0 Å². The van der Waals surface area contributed by atoms with Gasteiger partial charge in [0, 0.05) is 11.8 Å². The molecule has 2 aromatic heterocycles. The molecule has 2 heterocycles. The quantitative estimate of drug-likeness (QED) is 0.608. The predicted octanol–water partition coefficient (Wildman–Crippen LogP) is 4.57. The highest BCUT2D eigenvalue weighted by Gasteiger charge is 2.35. The molecule has 0 aliphatic carbocycles. The fourth-order valence-corrected chi connectivity index (χ4v) is 4.18. The number of pyridine rings is 1. The maximum Gasteiger partial charge on any atom is 0.426 e. The number of anilines is 2. The topological polar surface area (TPSA) is 137 Å². The Morgan fingerprint density at radius 2 is 1.59 bits per heavy atom. The predicted molar refractivity (Wildman–Crippen MR) is 130 cm³/mol. The molecule has 0 atom stereocenters. The molecule has 0 bridgehead atoms. The number of hydrogen-bond acceptors (Lipinski definition) is 10. The molecule has 188 valence electrons. The van der Waals surface area contributed by atoms with Gasteiger partial charge in [0.25, 0.3) is 0 Å². The first-order chi connectivity index (χ1) is 15.4. The molecular weight excluding hydrogens is 484 g/mol. The van der Waals surface area contributed by atoms with Gasteiger partial charge in [0.15, 0.2) is 0 Å². The van der Waals surface area contributed by atoms with Crippen LogP contribution in [0.1, 0.15) is 47.2 Å². The van der Waals surface area contributed by atoms with E-state index in [1.807, 2.05) is 0 Å². The average Bonchev–Trinajstić information content (AvgIpc) is 2.98. The van der Waals surface area contributed by atoms with Crippen LogP contribution in [0.15, 0.2) is 12.3 Å². The molecule has 34 heavy (non-hydrogen) atoms. The fourth-order valence-electron chi connectivity index (χ4n) is 2.60. The van der Waals surface area contributed by atoms with Crippen molar-refractivity contribution in [2.75, 3.05) is 23.0 Å². The number of methoxy groups -OCH3 is 1. The largest absolute Gasteiger partial charge is 0.480 e. The molecule has 2 amide bonds. The zero-order chi connectivity index (χ0) is 26.1. The molecule has 0 fully saturated rings. The van der Waals surface area contributed by atoms with Gasteiger partial charge in [-0.25, -0.2) is 28.0 Å². The lowest BCUT2D eigenvalue weighted by Gasteiger charge is -2.27. The Morgan fingerprint density at radius 1 is 1.06 bits per heavy atom. The number of nitrogens with one attached hydrogen (secondary N) is 1. The van der Waals surface area contributed by atoms with Crippen LogP contribution in [-0.4, -0.2) is 55.1 Å². The van der Waals surface area contributed by atoms with Crippen molar-refractivity contribution in [1.82, 2.24) is 9.97 Å². The van der Waals surface area contributed by atoms with Crippen LogP contribution in [0.3, 0.4) is 0 Å². The average molecular weight is 515 g/mol. The van der Waals surface area contributed by atoms with E-state index in [9.17, 15) is 18.0 Å². The van der Waals surface area contributed by atoms with E-state index >= 15 is 0 Å². The van der Waals surface area contributed by atoms with Crippen LogP contribution in [0.5, 0.6) is 5.88 Å². The maximum absolute atomic E-state index is 12.9. The van der Waals surface area contributed by atoms with E-state index in [-0.39, 0.29) is 16.7 Å². The van der Waals surface area contributed by atoms with Gasteiger partial charge < -0.3 is 14.2 Å². The van der Waals surface area contributed by atoms with Gasteiger partial charge in [-0.3, -0.25) is 4.72 Å². The van der Waals surface area contributed by atoms with Crippen molar-refractivity contribution < 1.29 is 32.2 Å². The van der Waals surface area contributed by atoms with Gasteiger partial charge in [-0.05, 0) is 54.5 Å². The van der Waals surface area contributed by atoms with Gasteiger partial charge in [-0.1, -0.05) is 11.3 Å². The molecule has 0 saturated carbocycles. The molecule has 11 nitrogen and oxygen atoms in total. The third-order valence-electron chi connectivity index (χ3n) is 3.73. The molecule has 0 aromatic carbocycles. The van der Waals surface area contributed by atoms with Crippen LogP contribution in [0.2, 0.25) is 0 Å². The Hall–Kier alpha value is -2.93. The molecule has 0 unspecified atom stereocenters. The summed E-state index contributed by atoms with van der Waals surface area (Å²) in [4.78, 5) is 35.6. The number of carbonyl (C=O) groups is 2. The minimum atomic E-state index is -3.60. The zero-order valence-corrected chi connectivity index (χ0v) is 22.3. The number of aryl methyl sites for hydroxylation is 1. The van der Waals surface area contributed by atoms with Crippen LogP contribution in [0.25, 0.3) is 10.4 Å². The first kappa shape index (κ1) is 27.3. The Kier molecular flexibility index (Phi) is 7.83. The standard InChI is InChI=1S/C21H30N4O7S2/c1-12-15(13-10-14(24-34(9,28)29)16(30-8)22-11-13)33-17(23-12)25(18(26)31-20(2,3)4)19(27)32-21(5,6)7/h10-11,24H,1-9H3. The summed E-state index contributed by atoms with van der Waals surface area (Å²) in [7, 11) is -2.23. The number of rotatable bonds is 5. The maximum atomic E-state index is 12.9. The molecule has 0 spiro atoms. The van der Waals surface area contributed by atoms with Crippen molar-refractivity contribution in [3.63, 3.8) is 0 Å². The molecule has 0 aliphatic heterocycles. The van der Waals surface area contributed by atoms with Crippen molar-refractivity contribution in [2.24, 2.45) is 0 Å². The monoisotopic (exact) mass is 514 g/mol. The Morgan fingerprint density at radius 3 is 2.03 bits per heavy atom. The normalized spacial score (nSPS) is 12.1. The number of aromatic nitrogens is 2. The Labute approximate surface area is 203 Å². The molecular formula is C21H30N4O7S2. The summed E-state index contributed by atoms with van der Waals surface area (Å²) < 4.78 is 41.8. The van der Waals surface area contributed by atoms with Crippen LogP contribution in [0.4, 0.5) is 20.4 Å². The second kappa shape index (κ2) is 9.74. The smallest absolute Gasteiger partial charge is 0.426 e. The molecule has 2 rings (SSSR count). The van der Waals surface area contributed by atoms with Crippen molar-refractivity contribution in [3.8, 4) is 16.3 Å². The van der Waals surface area contributed by atoms with Gasteiger partial charge in [0.1, 0.15) is 16.9 Å². The number of hydrogen-bond donors (Lipinski definition) is 1. The lowest BCUT2D eigenvalue weighted by atomic mass is 10.2. The molecule has 0 aliphatic rings. The molecule has 0 radical (unpaired) electrons. The highest BCUT2D eigenvalue weighted by molar-refractivity contribution is 7.92. The number of sulfonamides is 1. The van der Waals surface area contributed by atoms with E-state index in [0.29, 0.717) is 16.1 Å². The van der Waals surface area contributed by atoms with Crippen molar-refractivity contribution in [1.29, 1.82) is 0 Å². The number of amides is 2. The summed E-state index contributed by atoms with van der Waals surface area (Å²) in [6, 6.07) is 1.53. The van der Waals surface area contributed by atoms with Gasteiger partial charge >= 0.3 is 12.2 Å². The lowest BCUT2D eigenvalue weighted by Crippen LogP contribution is -2.43. The molecule has 0 saturated heterocycles. The summed E-state index contributed by atoms with van der Waals surface area (Å²) in [6.07, 6.45) is 0.611. The van der Waals surface area contributed by atoms with Crippen LogP contribution < -0.4 is 14.4 Å². The van der Waals surface area contributed by atoms with Crippen LogP contribution in [-0.2, 0) is 19.5 Å². The third kappa shape index (κ3) is 7.55. The SMILES string of the molecule is COc1ncc(-c2sc(N(C(=O)OC(C)(C)C)C(=O)OC(C)(C)C)nc2C)cc1NS(C)(=O)=O. The first-order valence-electron chi connectivity index (χ1n) is 10.2. The second-order valence-electron chi connectivity index (χ2n) is 9.36. The van der Waals surface area contributed by atoms with Crippen molar-refractivity contribution in [3.05, 3.63) is 18.0 Å². The van der Waals surface area contributed by atoms with Crippen molar-refractivity contribution >= 4 is 44.4 Å². The Bertz CT molecular complexity index is 1150. The second-order valence-corrected chi connectivity index (χ2v) is 12.1. The summed E-state index contributed by atoms with van der Waals surface area (Å²) in [5.74, 6) is 0.0840. The van der Waals surface area contributed by atoms with Gasteiger partial charge in [0.05, 0.1) is 23.9 Å². The van der Waals surface area contributed by atoms with Gasteiger partial charge in [-0.2, -0.15) is 4.90 Å². The highest BCUT2D eigenvalue weighted by atomic mass is 32.2. The Balaban J connectivity index is 2.56. The number of nitrogens with zero attached hydrogens (tertiary/aromatic N) is 3. The van der Waals surface area contributed by atoms with E-state index in [0.717, 1.165) is 22.5 Å². The molecule has 1 N–H and O–H groups in total. The molecule has 13 heteroatoms. The first-order valence-corrected chi connectivity index (χ1v) is 12.9. The van der Waals surface area contributed by atoms with E-state index in [4.69, 9.17) is 14.2 Å². The van der Waals surface area contributed by atoms with Crippen LogP contribution in [0, 0.1) is 6.92 Å². The van der Waals surface area contributed by atoms with E-state index in [1.54, 1.807) is 48.5 Å².